The number of nitrogens with zero attached hydrogens (tertiary/aromatic N) is 2. The van der Waals surface area contributed by atoms with Crippen LogP contribution in [0.25, 0.3) is 0 Å². The predicted molar refractivity (Wildman–Crippen MR) is 167 cm³/mol. The summed E-state index contributed by atoms with van der Waals surface area (Å²) in [4.78, 5) is 30.5. The molecule has 242 valence electrons. The summed E-state index contributed by atoms with van der Waals surface area (Å²) in [7, 11) is 1.50. The molecule has 0 aromatic carbocycles. The summed E-state index contributed by atoms with van der Waals surface area (Å²) in [5, 5.41) is 12.1. The van der Waals surface area contributed by atoms with E-state index in [9.17, 15) is 14.5 Å². The molecule has 4 N–H and O–H groups in total. The van der Waals surface area contributed by atoms with Crippen LogP contribution in [0.3, 0.4) is 0 Å². The molecule has 0 heterocycles. The number of hydrogen-bond donors (Lipinski definition) is 4. The summed E-state index contributed by atoms with van der Waals surface area (Å²) in [5.74, 6) is 0. The minimum absolute atomic E-state index is 0.0199. The molecule has 0 fully saturated rings. The molecule has 10 heteroatoms. The van der Waals surface area contributed by atoms with Crippen LogP contribution in [0.15, 0.2) is 0 Å². The van der Waals surface area contributed by atoms with Crippen molar-refractivity contribution in [3.63, 3.8) is 0 Å². The number of hydrogen-bond acceptors (Lipinski definition) is 4. The molecule has 2 amide bonds. The Balaban J connectivity index is 0. The predicted octanol–water partition coefficient (Wildman–Crippen LogP) is 6.85. The maximum Gasteiger partial charge on any atom is 0.469 e. The van der Waals surface area contributed by atoms with Gasteiger partial charge in [-0.25, -0.2) is 9.36 Å². The molecule has 9 nitrogen and oxygen atoms in total. The molecule has 0 aliphatic heterocycles. The quantitative estimate of drug-likeness (QED) is 0.0492. The average molecular weight is 597 g/mol. The third kappa shape index (κ3) is 35.3. The molecule has 0 bridgehead atoms. The van der Waals surface area contributed by atoms with Gasteiger partial charge >= 0.3 is 13.9 Å². The fourth-order valence-corrected chi connectivity index (χ4v) is 4.52. The van der Waals surface area contributed by atoms with E-state index < -0.39 is 7.82 Å². The zero-order valence-electron chi connectivity index (χ0n) is 26.9. The highest BCUT2D eigenvalue weighted by Gasteiger charge is 2.16. The molecule has 0 saturated heterocycles. The Hall–Kier alpha value is -0.700. The molecule has 0 radical (unpaired) electrons. The normalized spacial score (nSPS) is 11.7. The number of urea groups is 1. The standard InChI is InChI=1S/C25H52N2O2.C5H14NO4P/c1-3-5-7-8-9-10-11-12-13-14-15-16-17-18-19-20-22-27(23-24-28)25(29)26-21-6-4-2;1-6(2,3)4-5-10-11(7,8)9/h28H,3-24H2,1-2H3,(H,26,29);4-5H2,1-3H3,(H-,7,8,9)/p+1. The smallest absolute Gasteiger partial charge is 0.395 e. The van der Waals surface area contributed by atoms with Gasteiger partial charge in [-0.15, -0.1) is 0 Å². The number of amides is 2. The topological polar surface area (TPSA) is 119 Å². The Labute approximate surface area is 247 Å². The van der Waals surface area contributed by atoms with E-state index in [-0.39, 0.29) is 19.2 Å². The number of aliphatic hydroxyl groups excluding tert-OH is 1. The molecule has 0 rings (SSSR count). The number of rotatable bonds is 26. The molecule has 0 aromatic heterocycles. The van der Waals surface area contributed by atoms with Gasteiger partial charge < -0.3 is 29.6 Å². The van der Waals surface area contributed by atoms with Crippen LogP contribution in [-0.4, -0.2) is 90.8 Å². The fourth-order valence-electron chi connectivity index (χ4n) is 4.20. The van der Waals surface area contributed by atoms with Crippen molar-refractivity contribution in [2.75, 3.05) is 60.5 Å². The highest BCUT2D eigenvalue weighted by Crippen LogP contribution is 2.35. The summed E-state index contributed by atoms with van der Waals surface area (Å²) in [5.41, 5.74) is 0. The van der Waals surface area contributed by atoms with Gasteiger partial charge in [-0.1, -0.05) is 117 Å². The number of nitrogens with one attached hydrogen (secondary N) is 1. The molecule has 0 atom stereocenters. The van der Waals surface area contributed by atoms with Gasteiger partial charge in [-0.2, -0.15) is 0 Å². The van der Waals surface area contributed by atoms with Gasteiger partial charge in [0.1, 0.15) is 13.2 Å². The third-order valence-corrected chi connectivity index (χ3v) is 7.29. The van der Waals surface area contributed by atoms with E-state index in [1.807, 2.05) is 21.1 Å². The number of carbonyl (C=O) groups excluding carboxylic acids is 1. The Morgan fingerprint density at radius 1 is 0.725 bits per heavy atom. The number of phosphoric acid groups is 1. The zero-order valence-corrected chi connectivity index (χ0v) is 27.8. The first-order chi connectivity index (χ1) is 19.0. The van der Waals surface area contributed by atoms with Crippen LogP contribution in [0.4, 0.5) is 4.79 Å². The highest BCUT2D eigenvalue weighted by atomic mass is 31.2. The van der Waals surface area contributed by atoms with Gasteiger partial charge in [0.15, 0.2) is 0 Å². The zero-order chi connectivity index (χ0) is 30.5. The minimum atomic E-state index is -4.26. The largest absolute Gasteiger partial charge is 0.469 e. The van der Waals surface area contributed by atoms with Gasteiger partial charge in [-0.3, -0.25) is 4.52 Å². The number of likely N-dealkylation sites (N-methyl/N-ethyl adjacent to an activating group) is 1. The molecule has 0 spiro atoms. The van der Waals surface area contributed by atoms with E-state index in [0.717, 1.165) is 32.4 Å². The molecule has 0 aliphatic rings. The van der Waals surface area contributed by atoms with E-state index in [1.165, 1.54) is 96.3 Å². The first-order valence-corrected chi connectivity index (χ1v) is 17.6. The average Bonchev–Trinajstić information content (AvgIpc) is 2.86. The Morgan fingerprint density at radius 3 is 1.52 bits per heavy atom. The molecule has 0 unspecified atom stereocenters. The number of phosphoric ester groups is 1. The van der Waals surface area contributed by atoms with Gasteiger partial charge in [0.2, 0.25) is 0 Å². The van der Waals surface area contributed by atoms with Crippen LogP contribution in [-0.2, 0) is 9.09 Å². The van der Waals surface area contributed by atoms with Gasteiger partial charge in [0.25, 0.3) is 0 Å². The second-order valence-corrected chi connectivity index (χ2v) is 13.2. The van der Waals surface area contributed by atoms with Crippen LogP contribution >= 0.6 is 7.82 Å². The van der Waals surface area contributed by atoms with Crippen molar-refractivity contribution in [3.8, 4) is 0 Å². The van der Waals surface area contributed by atoms with Crippen molar-refractivity contribution >= 4 is 13.9 Å². The Bertz CT molecular complexity index is 598. The van der Waals surface area contributed by atoms with Gasteiger partial charge in [-0.05, 0) is 12.8 Å². The minimum Gasteiger partial charge on any atom is -0.395 e. The first-order valence-electron chi connectivity index (χ1n) is 16.1. The summed E-state index contributed by atoms with van der Waals surface area (Å²) < 4.78 is 15.1. The summed E-state index contributed by atoms with van der Waals surface area (Å²) >= 11 is 0. The van der Waals surface area contributed by atoms with Crippen LogP contribution < -0.4 is 5.32 Å². The Kier molecular flexibility index (Phi) is 29.4. The molecule has 0 aliphatic carbocycles. The van der Waals surface area contributed by atoms with Crippen LogP contribution in [0.1, 0.15) is 129 Å². The lowest BCUT2D eigenvalue weighted by atomic mass is 10.0. The molecular weight excluding hydrogens is 529 g/mol. The van der Waals surface area contributed by atoms with Crippen molar-refractivity contribution in [2.45, 2.75) is 129 Å². The number of carbonyl (C=O) groups is 1. The lowest BCUT2D eigenvalue weighted by Gasteiger charge is -2.23. The van der Waals surface area contributed by atoms with Crippen molar-refractivity contribution in [2.24, 2.45) is 0 Å². The lowest BCUT2D eigenvalue weighted by Crippen LogP contribution is -2.42. The molecule has 0 saturated carbocycles. The van der Waals surface area contributed by atoms with Crippen molar-refractivity contribution in [1.82, 2.24) is 10.2 Å². The molecule has 0 aromatic rings. The van der Waals surface area contributed by atoms with Gasteiger partial charge in [0, 0.05) is 19.6 Å². The summed E-state index contributed by atoms with van der Waals surface area (Å²) in [6, 6.07) is -0.0199. The van der Waals surface area contributed by atoms with E-state index >= 15 is 0 Å². The fraction of sp³-hybridized carbons (Fsp3) is 0.967. The maximum absolute atomic E-state index is 12.1. The number of unbranched alkanes of at least 4 members (excludes halogenated alkanes) is 16. The molecular formula is C30H67N3O6P+. The summed E-state index contributed by atoms with van der Waals surface area (Å²) in [6.45, 7) is 7.03. The lowest BCUT2D eigenvalue weighted by molar-refractivity contribution is -0.870. The third-order valence-electron chi connectivity index (χ3n) is 6.77. The maximum atomic E-state index is 12.1. The van der Waals surface area contributed by atoms with Crippen molar-refractivity contribution in [1.29, 1.82) is 0 Å². The van der Waals surface area contributed by atoms with E-state index in [4.69, 9.17) is 9.79 Å². The Morgan fingerprint density at radius 2 is 1.15 bits per heavy atom. The van der Waals surface area contributed by atoms with Gasteiger partial charge in [0.05, 0.1) is 27.7 Å². The second-order valence-electron chi connectivity index (χ2n) is 11.9. The first kappa shape index (κ1) is 41.4. The van der Waals surface area contributed by atoms with E-state index in [2.05, 4.69) is 23.7 Å². The summed E-state index contributed by atoms with van der Waals surface area (Å²) in [6.07, 6.45) is 23.8. The number of quaternary nitrogens is 1. The van der Waals surface area contributed by atoms with Crippen LogP contribution in [0.5, 0.6) is 0 Å². The van der Waals surface area contributed by atoms with Crippen LogP contribution in [0.2, 0.25) is 0 Å². The highest BCUT2D eigenvalue weighted by molar-refractivity contribution is 7.46. The van der Waals surface area contributed by atoms with Crippen LogP contribution in [0, 0.1) is 0 Å². The van der Waals surface area contributed by atoms with E-state index in [0.29, 0.717) is 17.6 Å². The SMILES string of the molecule is CCCCCCCCCCCCCCCCCCN(CCO)C(=O)NCCCC.C[N+](C)(C)CCOP(=O)(O)O. The van der Waals surface area contributed by atoms with E-state index in [1.54, 1.807) is 4.90 Å². The monoisotopic (exact) mass is 596 g/mol. The van der Waals surface area contributed by atoms with Crippen molar-refractivity contribution < 1.29 is 33.3 Å². The second kappa shape index (κ2) is 28.4. The van der Waals surface area contributed by atoms with Crippen molar-refractivity contribution in [3.05, 3.63) is 0 Å². The molecule has 40 heavy (non-hydrogen) atoms. The number of aliphatic hydroxyl groups is 1.